The number of furan rings is 1. The smallest absolute Gasteiger partial charge is 0.183 e. The quantitative estimate of drug-likeness (QED) is 0.510. The van der Waals surface area contributed by atoms with Crippen LogP contribution in [0.3, 0.4) is 0 Å². The Morgan fingerprint density at radius 2 is 1.78 bits per heavy atom. The van der Waals surface area contributed by atoms with E-state index in [0.29, 0.717) is 21.3 Å². The van der Waals surface area contributed by atoms with Crippen LogP contribution in [-0.4, -0.2) is 0 Å². The Kier molecular flexibility index (Phi) is 5.06. The van der Waals surface area contributed by atoms with E-state index in [4.69, 9.17) is 27.6 Å². The van der Waals surface area contributed by atoms with Gasteiger partial charge in [0.2, 0.25) is 0 Å². The first kappa shape index (κ1) is 14.7. The molecule has 1 heterocycles. The number of rotatable bonds is 3. The van der Waals surface area contributed by atoms with E-state index in [1.54, 1.807) is 0 Å². The van der Waals surface area contributed by atoms with Crippen LogP contribution in [0.4, 0.5) is 5.69 Å². The van der Waals surface area contributed by atoms with Crippen molar-refractivity contribution >= 4 is 76.7 Å². The van der Waals surface area contributed by atoms with Gasteiger partial charge in [-0.15, -0.1) is 0 Å². The van der Waals surface area contributed by atoms with Gasteiger partial charge >= 0.3 is 0 Å². The Morgan fingerprint density at radius 1 is 1.06 bits per heavy atom. The van der Waals surface area contributed by atoms with E-state index in [-0.39, 0.29) is 0 Å². The molecule has 0 unspecified atom stereocenters. The second-order valence-corrected chi connectivity index (χ2v) is 6.60. The van der Waals surface area contributed by atoms with E-state index in [9.17, 15) is 0 Å². The SMILES string of the molecule is Clc1c(Br)ccc(NCc2cc(Br)c(Br)o2)c1Cl. The van der Waals surface area contributed by atoms with Crippen LogP contribution in [0.1, 0.15) is 5.76 Å². The summed E-state index contributed by atoms with van der Waals surface area (Å²) in [6.07, 6.45) is 0. The van der Waals surface area contributed by atoms with E-state index < -0.39 is 0 Å². The first-order chi connectivity index (χ1) is 8.49. The minimum Gasteiger partial charge on any atom is -0.451 e. The standard InChI is InChI=1S/C11H6Br3Cl2NO/c12-6-1-2-8(10(16)9(6)15)17-4-5-3-7(13)11(14)18-5/h1-3,17H,4H2. The molecule has 2 rings (SSSR count). The highest BCUT2D eigenvalue weighted by molar-refractivity contribution is 9.13. The highest BCUT2D eigenvalue weighted by atomic mass is 79.9. The van der Waals surface area contributed by atoms with Gasteiger partial charge < -0.3 is 9.73 Å². The summed E-state index contributed by atoms with van der Waals surface area (Å²) in [6, 6.07) is 5.57. The van der Waals surface area contributed by atoms with Crippen molar-refractivity contribution in [3.63, 3.8) is 0 Å². The molecule has 7 heteroatoms. The lowest BCUT2D eigenvalue weighted by Crippen LogP contribution is -1.99. The summed E-state index contributed by atoms with van der Waals surface area (Å²) in [4.78, 5) is 0. The van der Waals surface area contributed by atoms with Crippen molar-refractivity contribution in [2.45, 2.75) is 6.54 Å². The minimum atomic E-state index is 0.482. The van der Waals surface area contributed by atoms with Gasteiger partial charge in [0.05, 0.1) is 26.8 Å². The maximum atomic E-state index is 6.13. The van der Waals surface area contributed by atoms with E-state index in [2.05, 4.69) is 53.1 Å². The zero-order chi connectivity index (χ0) is 13.3. The fraction of sp³-hybridized carbons (Fsp3) is 0.0909. The summed E-state index contributed by atoms with van der Waals surface area (Å²) >= 11 is 22.1. The van der Waals surface area contributed by atoms with Gasteiger partial charge in [0, 0.05) is 4.47 Å². The van der Waals surface area contributed by atoms with Crippen molar-refractivity contribution in [3.05, 3.63) is 47.6 Å². The molecule has 0 aliphatic rings. The molecule has 0 radical (unpaired) electrons. The lowest BCUT2D eigenvalue weighted by atomic mass is 10.3. The van der Waals surface area contributed by atoms with E-state index in [1.807, 2.05) is 18.2 Å². The van der Waals surface area contributed by atoms with Crippen molar-refractivity contribution in [2.24, 2.45) is 0 Å². The van der Waals surface area contributed by atoms with E-state index in [0.717, 1.165) is 20.4 Å². The molecule has 0 saturated carbocycles. The zero-order valence-corrected chi connectivity index (χ0v) is 15.0. The van der Waals surface area contributed by atoms with Crippen LogP contribution in [0.25, 0.3) is 0 Å². The highest BCUT2D eigenvalue weighted by Gasteiger charge is 2.10. The Balaban J connectivity index is 2.13. The fourth-order valence-electron chi connectivity index (χ4n) is 1.32. The van der Waals surface area contributed by atoms with Gasteiger partial charge in [0.25, 0.3) is 0 Å². The molecular weight excluding hydrogens is 473 g/mol. The molecule has 2 aromatic rings. The van der Waals surface area contributed by atoms with Crippen LogP contribution in [0.5, 0.6) is 0 Å². The predicted molar refractivity (Wildman–Crippen MR) is 85.6 cm³/mol. The summed E-state index contributed by atoms with van der Waals surface area (Å²) in [6.45, 7) is 0.516. The molecule has 1 N–H and O–H groups in total. The van der Waals surface area contributed by atoms with Gasteiger partial charge in [-0.1, -0.05) is 23.2 Å². The molecule has 0 amide bonds. The molecular formula is C11H6Br3Cl2NO. The Morgan fingerprint density at radius 3 is 2.39 bits per heavy atom. The maximum Gasteiger partial charge on any atom is 0.183 e. The molecule has 0 saturated heterocycles. The van der Waals surface area contributed by atoms with Gasteiger partial charge in [0.15, 0.2) is 4.67 Å². The Labute approximate surface area is 139 Å². The number of anilines is 1. The zero-order valence-electron chi connectivity index (χ0n) is 8.74. The van der Waals surface area contributed by atoms with Gasteiger partial charge in [-0.2, -0.15) is 0 Å². The van der Waals surface area contributed by atoms with Crippen molar-refractivity contribution < 1.29 is 4.42 Å². The highest BCUT2D eigenvalue weighted by Crippen LogP contribution is 2.36. The predicted octanol–water partition coefficient (Wildman–Crippen LogP) is 6.49. The first-order valence-electron chi connectivity index (χ1n) is 4.80. The molecule has 2 nitrogen and oxygen atoms in total. The van der Waals surface area contributed by atoms with E-state index >= 15 is 0 Å². The van der Waals surface area contributed by atoms with Gasteiger partial charge in [0.1, 0.15) is 5.76 Å². The lowest BCUT2D eigenvalue weighted by Gasteiger charge is -2.09. The maximum absolute atomic E-state index is 6.13. The molecule has 1 aromatic heterocycles. The van der Waals surface area contributed by atoms with Crippen molar-refractivity contribution in [3.8, 4) is 0 Å². The third-order valence-electron chi connectivity index (χ3n) is 2.18. The fourth-order valence-corrected chi connectivity index (χ4v) is 2.82. The summed E-state index contributed by atoms with van der Waals surface area (Å²) in [5, 5.41) is 4.14. The average molecular weight is 479 g/mol. The third kappa shape index (κ3) is 3.25. The summed E-state index contributed by atoms with van der Waals surface area (Å²) in [7, 11) is 0. The van der Waals surface area contributed by atoms with Crippen LogP contribution in [0, 0.1) is 0 Å². The largest absolute Gasteiger partial charge is 0.451 e. The summed E-state index contributed by atoms with van der Waals surface area (Å²) in [5.41, 5.74) is 0.758. The molecule has 0 atom stereocenters. The Bertz CT molecular complexity index is 566. The molecule has 0 aliphatic carbocycles. The van der Waals surface area contributed by atoms with Crippen LogP contribution in [0.2, 0.25) is 10.0 Å². The van der Waals surface area contributed by atoms with Crippen LogP contribution < -0.4 is 5.32 Å². The first-order valence-corrected chi connectivity index (χ1v) is 7.93. The molecule has 96 valence electrons. The summed E-state index contributed by atoms with van der Waals surface area (Å²) in [5.74, 6) is 0.781. The van der Waals surface area contributed by atoms with Crippen LogP contribution >= 0.6 is 71.0 Å². The van der Waals surface area contributed by atoms with Gasteiger partial charge in [-0.05, 0) is 66.0 Å². The second-order valence-electron chi connectivity index (χ2n) is 3.41. The van der Waals surface area contributed by atoms with Gasteiger partial charge in [-0.3, -0.25) is 0 Å². The molecule has 0 fully saturated rings. The number of hydrogen-bond donors (Lipinski definition) is 1. The Hall–Kier alpha value is 0.320. The number of benzene rings is 1. The lowest BCUT2D eigenvalue weighted by molar-refractivity contribution is 0.494. The number of hydrogen-bond acceptors (Lipinski definition) is 2. The second kappa shape index (κ2) is 6.18. The number of halogens is 5. The van der Waals surface area contributed by atoms with Crippen molar-refractivity contribution in [1.82, 2.24) is 0 Å². The monoisotopic (exact) mass is 475 g/mol. The summed E-state index contributed by atoms with van der Waals surface area (Å²) < 4.78 is 7.76. The molecule has 0 spiro atoms. The molecule has 0 aliphatic heterocycles. The topological polar surface area (TPSA) is 25.2 Å². The normalized spacial score (nSPS) is 10.7. The van der Waals surface area contributed by atoms with Crippen LogP contribution in [0.15, 0.2) is 36.2 Å². The van der Waals surface area contributed by atoms with Gasteiger partial charge in [-0.25, -0.2) is 0 Å². The molecule has 1 aromatic carbocycles. The van der Waals surface area contributed by atoms with E-state index in [1.165, 1.54) is 0 Å². The average Bonchev–Trinajstić information content (AvgIpc) is 2.65. The number of nitrogens with one attached hydrogen (secondary N) is 1. The third-order valence-corrected chi connectivity index (χ3v) is 5.67. The van der Waals surface area contributed by atoms with Crippen LogP contribution in [-0.2, 0) is 6.54 Å². The van der Waals surface area contributed by atoms with Crippen molar-refractivity contribution in [1.29, 1.82) is 0 Å². The van der Waals surface area contributed by atoms with Crippen molar-refractivity contribution in [2.75, 3.05) is 5.32 Å². The minimum absolute atomic E-state index is 0.482. The molecule has 0 bridgehead atoms. The molecule has 18 heavy (non-hydrogen) atoms.